The first kappa shape index (κ1) is 28.2. The SMILES string of the molecule is COc1ccc(/C=C/C[C@H](C(=O)OC(C)(C)C)[C@@H](CCCCCCc2ccccc2)C(=O)O)cc1. The summed E-state index contributed by atoms with van der Waals surface area (Å²) in [6.07, 6.45) is 9.39. The maximum Gasteiger partial charge on any atom is 0.310 e. The molecule has 1 N–H and O–H groups in total. The summed E-state index contributed by atoms with van der Waals surface area (Å²) in [5.74, 6) is -2.13. The van der Waals surface area contributed by atoms with Crippen LogP contribution in [0.2, 0.25) is 0 Å². The smallest absolute Gasteiger partial charge is 0.310 e. The topological polar surface area (TPSA) is 72.8 Å². The van der Waals surface area contributed by atoms with Gasteiger partial charge in [0.1, 0.15) is 11.4 Å². The van der Waals surface area contributed by atoms with Gasteiger partial charge in [0.2, 0.25) is 0 Å². The molecule has 0 aliphatic heterocycles. The first-order valence-electron chi connectivity index (χ1n) is 12.5. The fraction of sp³-hybridized carbons (Fsp3) is 0.467. The van der Waals surface area contributed by atoms with Crippen molar-refractivity contribution < 1.29 is 24.2 Å². The maximum absolute atomic E-state index is 13.0. The van der Waals surface area contributed by atoms with Gasteiger partial charge < -0.3 is 14.6 Å². The Morgan fingerprint density at radius 3 is 2.17 bits per heavy atom. The highest BCUT2D eigenvalue weighted by Crippen LogP contribution is 2.27. The molecule has 0 saturated carbocycles. The summed E-state index contributed by atoms with van der Waals surface area (Å²) >= 11 is 0. The molecule has 0 aromatic heterocycles. The number of carbonyl (C=O) groups excluding carboxylic acids is 1. The van der Waals surface area contributed by atoms with Gasteiger partial charge in [-0.3, -0.25) is 9.59 Å². The number of unbranched alkanes of at least 4 members (excludes halogenated alkanes) is 3. The van der Waals surface area contributed by atoms with Gasteiger partial charge in [-0.1, -0.05) is 73.9 Å². The van der Waals surface area contributed by atoms with Crippen molar-refractivity contribution in [3.05, 3.63) is 71.8 Å². The van der Waals surface area contributed by atoms with Crippen molar-refractivity contribution in [2.45, 2.75) is 71.3 Å². The molecular formula is C30H40O5. The largest absolute Gasteiger partial charge is 0.497 e. The normalized spacial score (nSPS) is 13.4. The minimum atomic E-state index is -0.942. The lowest BCUT2D eigenvalue weighted by atomic mass is 9.84. The van der Waals surface area contributed by atoms with Gasteiger partial charge >= 0.3 is 11.9 Å². The lowest BCUT2D eigenvalue weighted by Crippen LogP contribution is -2.35. The number of carbonyl (C=O) groups is 2. The average molecular weight is 481 g/mol. The first-order chi connectivity index (χ1) is 16.7. The van der Waals surface area contributed by atoms with Crippen LogP contribution in [-0.2, 0) is 20.7 Å². The predicted octanol–water partition coefficient (Wildman–Crippen LogP) is 6.95. The summed E-state index contributed by atoms with van der Waals surface area (Å²) in [4.78, 5) is 25.2. The van der Waals surface area contributed by atoms with E-state index in [1.807, 2.05) is 54.6 Å². The quantitative estimate of drug-likeness (QED) is 0.234. The van der Waals surface area contributed by atoms with Gasteiger partial charge in [0, 0.05) is 0 Å². The molecule has 0 radical (unpaired) electrons. The molecule has 2 aromatic carbocycles. The number of hydrogen-bond donors (Lipinski definition) is 1. The third-order valence-electron chi connectivity index (χ3n) is 5.90. The second kappa shape index (κ2) is 14.3. The monoisotopic (exact) mass is 480 g/mol. The summed E-state index contributed by atoms with van der Waals surface area (Å²) in [7, 11) is 1.62. The zero-order valence-corrected chi connectivity index (χ0v) is 21.5. The molecule has 0 aliphatic rings. The molecule has 0 amide bonds. The number of methoxy groups -OCH3 is 1. The zero-order chi connectivity index (χ0) is 25.7. The van der Waals surface area contributed by atoms with E-state index in [2.05, 4.69) is 12.1 Å². The fourth-order valence-electron chi connectivity index (χ4n) is 4.06. The minimum Gasteiger partial charge on any atom is -0.497 e. The predicted molar refractivity (Wildman–Crippen MR) is 140 cm³/mol. The molecule has 190 valence electrons. The van der Waals surface area contributed by atoms with E-state index in [4.69, 9.17) is 9.47 Å². The number of rotatable bonds is 14. The fourth-order valence-corrected chi connectivity index (χ4v) is 4.06. The highest BCUT2D eigenvalue weighted by Gasteiger charge is 2.35. The number of aryl methyl sites for hydroxylation is 1. The Morgan fingerprint density at radius 1 is 0.914 bits per heavy atom. The number of ether oxygens (including phenoxy) is 2. The van der Waals surface area contributed by atoms with Crippen molar-refractivity contribution >= 4 is 18.0 Å². The number of carboxylic acid groups (broad SMARTS) is 1. The van der Waals surface area contributed by atoms with Crippen LogP contribution in [-0.4, -0.2) is 29.8 Å². The Morgan fingerprint density at radius 2 is 1.57 bits per heavy atom. The van der Waals surface area contributed by atoms with Crippen LogP contribution in [0.3, 0.4) is 0 Å². The Labute approximate surface area is 210 Å². The Hall–Kier alpha value is -3.08. The molecule has 2 rings (SSSR count). The molecule has 2 aromatic rings. The Balaban J connectivity index is 1.97. The molecule has 2 atom stereocenters. The highest BCUT2D eigenvalue weighted by molar-refractivity contribution is 5.81. The van der Waals surface area contributed by atoms with Crippen molar-refractivity contribution in [2.24, 2.45) is 11.8 Å². The molecule has 0 heterocycles. The summed E-state index contributed by atoms with van der Waals surface area (Å²) < 4.78 is 10.8. The lowest BCUT2D eigenvalue weighted by Gasteiger charge is -2.27. The van der Waals surface area contributed by atoms with Gasteiger partial charge in [-0.05, 0) is 69.7 Å². The van der Waals surface area contributed by atoms with Crippen molar-refractivity contribution in [1.82, 2.24) is 0 Å². The molecule has 5 nitrogen and oxygen atoms in total. The summed E-state index contributed by atoms with van der Waals surface area (Å²) in [5, 5.41) is 9.97. The van der Waals surface area contributed by atoms with Crippen LogP contribution in [0.4, 0.5) is 0 Å². The van der Waals surface area contributed by atoms with Gasteiger partial charge in [-0.25, -0.2) is 0 Å². The molecule has 0 unspecified atom stereocenters. The summed E-state index contributed by atoms with van der Waals surface area (Å²) in [6.45, 7) is 5.41. The van der Waals surface area contributed by atoms with E-state index in [-0.39, 0.29) is 0 Å². The summed E-state index contributed by atoms with van der Waals surface area (Å²) in [6, 6.07) is 17.9. The van der Waals surface area contributed by atoms with Gasteiger partial charge in [0.05, 0.1) is 18.9 Å². The standard InChI is InChI=1S/C30H40O5/c1-30(2,3)35-29(33)27(18-12-16-24-19-21-25(34-4)22-20-24)26(28(31)32)17-11-6-5-8-13-23-14-9-7-10-15-23/h7,9-10,12,14-16,19-22,26-27H,5-6,8,11,13,17-18H2,1-4H3,(H,31,32)/b16-12+/t26-,27+/m1/s1. The van der Waals surface area contributed by atoms with Gasteiger partial charge in [0.15, 0.2) is 0 Å². The molecule has 5 heteroatoms. The van der Waals surface area contributed by atoms with Crippen LogP contribution in [0.15, 0.2) is 60.7 Å². The minimum absolute atomic E-state index is 0.311. The number of allylic oxidation sites excluding steroid dienone is 1. The lowest BCUT2D eigenvalue weighted by molar-refractivity contribution is -0.166. The van der Waals surface area contributed by atoms with E-state index in [1.165, 1.54) is 5.56 Å². The number of hydrogen-bond acceptors (Lipinski definition) is 4. The van der Waals surface area contributed by atoms with Crippen LogP contribution < -0.4 is 4.74 Å². The number of benzene rings is 2. The molecule has 0 spiro atoms. The van der Waals surface area contributed by atoms with Crippen LogP contribution in [0, 0.1) is 11.8 Å². The third kappa shape index (κ3) is 10.8. The first-order valence-corrected chi connectivity index (χ1v) is 12.5. The van der Waals surface area contributed by atoms with E-state index < -0.39 is 29.4 Å². The van der Waals surface area contributed by atoms with Gasteiger partial charge in [-0.15, -0.1) is 0 Å². The molecular weight excluding hydrogens is 440 g/mol. The van der Waals surface area contributed by atoms with E-state index in [1.54, 1.807) is 27.9 Å². The number of esters is 1. The van der Waals surface area contributed by atoms with E-state index in [9.17, 15) is 14.7 Å². The van der Waals surface area contributed by atoms with Crippen LogP contribution >= 0.6 is 0 Å². The second-order valence-corrected chi connectivity index (χ2v) is 9.93. The molecule has 0 saturated heterocycles. The van der Waals surface area contributed by atoms with Crippen molar-refractivity contribution in [2.75, 3.05) is 7.11 Å². The van der Waals surface area contributed by atoms with Crippen molar-refractivity contribution in [1.29, 1.82) is 0 Å². The molecule has 0 aliphatic carbocycles. The zero-order valence-electron chi connectivity index (χ0n) is 21.5. The molecule has 35 heavy (non-hydrogen) atoms. The van der Waals surface area contributed by atoms with Crippen LogP contribution in [0.5, 0.6) is 5.75 Å². The van der Waals surface area contributed by atoms with Crippen molar-refractivity contribution in [3.8, 4) is 5.75 Å². The maximum atomic E-state index is 13.0. The third-order valence-corrected chi connectivity index (χ3v) is 5.90. The van der Waals surface area contributed by atoms with Gasteiger partial charge in [0.25, 0.3) is 0 Å². The number of carboxylic acids is 1. The average Bonchev–Trinajstić information content (AvgIpc) is 2.81. The molecule has 0 fully saturated rings. The van der Waals surface area contributed by atoms with Crippen molar-refractivity contribution in [3.63, 3.8) is 0 Å². The summed E-state index contributed by atoms with van der Waals surface area (Å²) in [5.41, 5.74) is 1.61. The van der Waals surface area contributed by atoms with Gasteiger partial charge in [-0.2, -0.15) is 0 Å². The van der Waals surface area contributed by atoms with E-state index in [0.717, 1.165) is 43.4 Å². The second-order valence-electron chi connectivity index (χ2n) is 9.93. The van der Waals surface area contributed by atoms with E-state index >= 15 is 0 Å². The van der Waals surface area contributed by atoms with Crippen LogP contribution in [0.1, 0.15) is 70.4 Å². The molecule has 0 bridgehead atoms. The Bertz CT molecular complexity index is 925. The highest BCUT2D eigenvalue weighted by atomic mass is 16.6. The van der Waals surface area contributed by atoms with E-state index in [0.29, 0.717) is 12.8 Å². The van der Waals surface area contributed by atoms with Crippen LogP contribution in [0.25, 0.3) is 6.08 Å². The Kier molecular flexibility index (Phi) is 11.5. The number of aliphatic carboxylic acids is 1.